The number of para-hydroxylation sites is 2. The molecule has 0 spiro atoms. The highest BCUT2D eigenvalue weighted by atomic mass is 16.3. The lowest BCUT2D eigenvalue weighted by Gasteiger charge is -2.02. The molecule has 0 aliphatic carbocycles. The molecule has 3 aromatic heterocycles. The second-order valence-corrected chi connectivity index (χ2v) is 6.42. The van der Waals surface area contributed by atoms with Crippen molar-refractivity contribution in [2.24, 2.45) is 0 Å². The Labute approximate surface area is 153 Å². The highest BCUT2D eigenvalue weighted by Gasteiger charge is 2.10. The summed E-state index contributed by atoms with van der Waals surface area (Å²) in [5.74, 6) is 2.23. The SMILES string of the molecule is O=c1[nH]c(CCc2ncc(-c3cc4ccccc4o3)[nH]2)nc2ccccc12. The smallest absolute Gasteiger partial charge is 0.258 e. The molecule has 0 atom stereocenters. The van der Waals surface area contributed by atoms with E-state index in [0.29, 0.717) is 29.6 Å². The number of hydrogen-bond donors (Lipinski definition) is 2. The van der Waals surface area contributed by atoms with Gasteiger partial charge in [-0.1, -0.05) is 30.3 Å². The van der Waals surface area contributed by atoms with Gasteiger partial charge in [-0.2, -0.15) is 0 Å². The van der Waals surface area contributed by atoms with E-state index in [-0.39, 0.29) is 5.56 Å². The Bertz CT molecular complexity index is 1280. The average Bonchev–Trinajstić information content (AvgIpc) is 3.33. The number of aromatic amines is 2. The molecule has 0 unspecified atom stereocenters. The van der Waals surface area contributed by atoms with Crippen molar-refractivity contribution in [3.8, 4) is 11.5 Å². The molecule has 0 amide bonds. The Morgan fingerprint density at radius 1 is 0.926 bits per heavy atom. The van der Waals surface area contributed by atoms with Crippen LogP contribution in [-0.2, 0) is 12.8 Å². The third-order valence-electron chi connectivity index (χ3n) is 4.58. The first-order chi connectivity index (χ1) is 13.3. The minimum Gasteiger partial charge on any atom is -0.454 e. The molecule has 2 N–H and O–H groups in total. The van der Waals surface area contributed by atoms with Crippen LogP contribution in [0.1, 0.15) is 11.6 Å². The van der Waals surface area contributed by atoms with Gasteiger partial charge in [0.15, 0.2) is 5.76 Å². The molecule has 0 aliphatic heterocycles. The van der Waals surface area contributed by atoms with Gasteiger partial charge in [0.25, 0.3) is 5.56 Å². The van der Waals surface area contributed by atoms with E-state index in [2.05, 4.69) is 19.9 Å². The van der Waals surface area contributed by atoms with E-state index in [1.165, 1.54) is 0 Å². The molecule has 0 fully saturated rings. The van der Waals surface area contributed by atoms with Crippen LogP contribution in [0.4, 0.5) is 0 Å². The van der Waals surface area contributed by atoms with Gasteiger partial charge in [-0.3, -0.25) is 4.79 Å². The Hall–Kier alpha value is -3.67. The van der Waals surface area contributed by atoms with Crippen LogP contribution in [0.25, 0.3) is 33.3 Å². The summed E-state index contributed by atoms with van der Waals surface area (Å²) < 4.78 is 5.86. The number of imidazole rings is 1. The second kappa shape index (κ2) is 6.25. The molecule has 0 bridgehead atoms. The minimum absolute atomic E-state index is 0.113. The molecule has 0 saturated carbocycles. The summed E-state index contributed by atoms with van der Waals surface area (Å²) in [6, 6.07) is 17.2. The van der Waals surface area contributed by atoms with E-state index in [1.807, 2.05) is 48.5 Å². The van der Waals surface area contributed by atoms with Gasteiger partial charge < -0.3 is 14.4 Å². The monoisotopic (exact) mass is 356 g/mol. The summed E-state index contributed by atoms with van der Waals surface area (Å²) in [6.07, 6.45) is 3.00. The Morgan fingerprint density at radius 2 is 1.74 bits per heavy atom. The van der Waals surface area contributed by atoms with E-state index >= 15 is 0 Å². The molecule has 0 saturated heterocycles. The van der Waals surface area contributed by atoms with Gasteiger partial charge in [-0.25, -0.2) is 9.97 Å². The third-order valence-corrected chi connectivity index (χ3v) is 4.58. The topological polar surface area (TPSA) is 87.6 Å². The summed E-state index contributed by atoms with van der Waals surface area (Å²) in [4.78, 5) is 27.2. The van der Waals surface area contributed by atoms with Gasteiger partial charge in [0, 0.05) is 18.2 Å². The summed E-state index contributed by atoms with van der Waals surface area (Å²) >= 11 is 0. The fourth-order valence-electron chi connectivity index (χ4n) is 3.22. The fourth-order valence-corrected chi connectivity index (χ4v) is 3.22. The molecular weight excluding hydrogens is 340 g/mol. The molecule has 5 aromatic rings. The Morgan fingerprint density at radius 3 is 2.67 bits per heavy atom. The molecular formula is C21H16N4O2. The average molecular weight is 356 g/mol. The molecule has 6 nitrogen and oxygen atoms in total. The molecule has 132 valence electrons. The van der Waals surface area contributed by atoms with E-state index in [4.69, 9.17) is 4.42 Å². The summed E-state index contributed by atoms with van der Waals surface area (Å²) in [6.45, 7) is 0. The molecule has 27 heavy (non-hydrogen) atoms. The van der Waals surface area contributed by atoms with Gasteiger partial charge in [0.1, 0.15) is 22.9 Å². The van der Waals surface area contributed by atoms with Crippen molar-refractivity contribution in [1.29, 1.82) is 0 Å². The van der Waals surface area contributed by atoms with Crippen LogP contribution in [0.5, 0.6) is 0 Å². The molecule has 6 heteroatoms. The van der Waals surface area contributed by atoms with Crippen LogP contribution in [0.3, 0.4) is 0 Å². The van der Waals surface area contributed by atoms with Crippen LogP contribution >= 0.6 is 0 Å². The van der Waals surface area contributed by atoms with E-state index in [1.54, 1.807) is 12.3 Å². The number of fused-ring (bicyclic) bond motifs is 2. The lowest BCUT2D eigenvalue weighted by Crippen LogP contribution is -2.12. The number of nitrogens with zero attached hydrogens (tertiary/aromatic N) is 2. The van der Waals surface area contributed by atoms with Crippen molar-refractivity contribution in [3.05, 3.63) is 82.8 Å². The highest BCUT2D eigenvalue weighted by molar-refractivity contribution is 5.82. The largest absolute Gasteiger partial charge is 0.454 e. The zero-order chi connectivity index (χ0) is 18.2. The van der Waals surface area contributed by atoms with Gasteiger partial charge in [0.2, 0.25) is 0 Å². The van der Waals surface area contributed by atoms with Crippen LogP contribution in [0.2, 0.25) is 0 Å². The maximum atomic E-state index is 12.2. The maximum absolute atomic E-state index is 12.2. The van der Waals surface area contributed by atoms with Crippen molar-refractivity contribution >= 4 is 21.9 Å². The third kappa shape index (κ3) is 2.91. The summed E-state index contributed by atoms with van der Waals surface area (Å²) in [5, 5.41) is 1.66. The lowest BCUT2D eigenvalue weighted by molar-refractivity contribution is 0.629. The first kappa shape index (κ1) is 15.6. The van der Waals surface area contributed by atoms with Gasteiger partial charge in [-0.05, 0) is 24.3 Å². The van der Waals surface area contributed by atoms with Crippen molar-refractivity contribution in [1.82, 2.24) is 19.9 Å². The first-order valence-corrected chi connectivity index (χ1v) is 8.77. The summed E-state index contributed by atoms with van der Waals surface area (Å²) in [7, 11) is 0. The van der Waals surface area contributed by atoms with Crippen LogP contribution in [0, 0.1) is 0 Å². The molecule has 0 radical (unpaired) electrons. The molecule has 2 aromatic carbocycles. The number of hydrogen-bond acceptors (Lipinski definition) is 4. The number of benzene rings is 2. The number of rotatable bonds is 4. The van der Waals surface area contributed by atoms with Gasteiger partial charge >= 0.3 is 0 Å². The first-order valence-electron chi connectivity index (χ1n) is 8.77. The van der Waals surface area contributed by atoms with E-state index in [9.17, 15) is 4.79 Å². The predicted molar refractivity (Wildman–Crippen MR) is 104 cm³/mol. The number of nitrogens with one attached hydrogen (secondary N) is 2. The zero-order valence-corrected chi connectivity index (χ0v) is 14.4. The number of furan rings is 1. The molecule has 0 aliphatic rings. The summed E-state index contributed by atoms with van der Waals surface area (Å²) in [5.41, 5.74) is 2.28. The van der Waals surface area contributed by atoms with Crippen molar-refractivity contribution in [2.45, 2.75) is 12.8 Å². The number of H-pyrrole nitrogens is 2. The number of aryl methyl sites for hydroxylation is 2. The molecule has 3 heterocycles. The van der Waals surface area contributed by atoms with Gasteiger partial charge in [-0.15, -0.1) is 0 Å². The Balaban J connectivity index is 1.37. The van der Waals surface area contributed by atoms with Crippen molar-refractivity contribution < 1.29 is 4.42 Å². The minimum atomic E-state index is -0.113. The fraction of sp³-hybridized carbons (Fsp3) is 0.0952. The van der Waals surface area contributed by atoms with E-state index in [0.717, 1.165) is 28.2 Å². The van der Waals surface area contributed by atoms with Gasteiger partial charge in [0.05, 0.1) is 17.1 Å². The molecule has 5 rings (SSSR count). The van der Waals surface area contributed by atoms with Crippen LogP contribution < -0.4 is 5.56 Å². The van der Waals surface area contributed by atoms with Crippen molar-refractivity contribution in [3.63, 3.8) is 0 Å². The zero-order valence-electron chi connectivity index (χ0n) is 14.4. The standard InChI is InChI=1S/C21H16N4O2/c26-21-14-6-2-3-7-15(14)23-20(25-21)10-9-19-22-12-16(24-19)18-11-13-5-1-4-8-17(13)27-18/h1-8,11-12H,9-10H2,(H,22,24)(H,23,25,26). The van der Waals surface area contributed by atoms with Crippen LogP contribution in [-0.4, -0.2) is 19.9 Å². The lowest BCUT2D eigenvalue weighted by atomic mass is 10.2. The quantitative estimate of drug-likeness (QED) is 0.512. The highest BCUT2D eigenvalue weighted by Crippen LogP contribution is 2.26. The predicted octanol–water partition coefficient (Wildman–Crippen LogP) is 3.84. The number of aromatic nitrogens is 4. The normalized spacial score (nSPS) is 11.4. The van der Waals surface area contributed by atoms with E-state index < -0.39 is 0 Å². The van der Waals surface area contributed by atoms with Crippen LogP contribution in [0.15, 0.2) is 70.0 Å². The Kier molecular flexibility index (Phi) is 3.60. The van der Waals surface area contributed by atoms with Crippen molar-refractivity contribution in [2.75, 3.05) is 0 Å². The second-order valence-electron chi connectivity index (χ2n) is 6.42. The maximum Gasteiger partial charge on any atom is 0.258 e.